The maximum atomic E-state index is 11.8. The lowest BCUT2D eigenvalue weighted by Crippen LogP contribution is -2.35. The topological polar surface area (TPSA) is 50.4 Å². The van der Waals surface area contributed by atoms with E-state index in [1.807, 2.05) is 0 Å². The summed E-state index contributed by atoms with van der Waals surface area (Å²) in [6.07, 6.45) is 1.96. The monoisotopic (exact) mass is 228 g/mol. The Morgan fingerprint density at radius 1 is 1.44 bits per heavy atom. The zero-order valence-corrected chi connectivity index (χ0v) is 10.4. The van der Waals surface area contributed by atoms with Crippen molar-refractivity contribution in [1.29, 1.82) is 0 Å². The molecule has 4 heteroatoms. The molecule has 0 saturated carbocycles. The fourth-order valence-corrected chi connectivity index (χ4v) is 1.92. The number of hydrogen-bond acceptors (Lipinski definition) is 3. The molecular formula is C12H24N2O2. The molecule has 16 heavy (non-hydrogen) atoms. The van der Waals surface area contributed by atoms with Crippen molar-refractivity contribution in [3.05, 3.63) is 0 Å². The second-order valence-electron chi connectivity index (χ2n) is 4.50. The number of ether oxygens (including phenoxy) is 1. The second kappa shape index (κ2) is 7.63. The zero-order valence-electron chi connectivity index (χ0n) is 10.4. The van der Waals surface area contributed by atoms with Crippen LogP contribution in [0.2, 0.25) is 0 Å². The minimum Gasteiger partial charge on any atom is -0.381 e. The van der Waals surface area contributed by atoms with Crippen molar-refractivity contribution in [2.75, 3.05) is 32.8 Å². The van der Waals surface area contributed by atoms with Crippen molar-refractivity contribution in [2.45, 2.75) is 26.7 Å². The Balaban J connectivity index is 2.02. The third-order valence-electron chi connectivity index (χ3n) is 2.97. The summed E-state index contributed by atoms with van der Waals surface area (Å²) in [5.41, 5.74) is 0. The van der Waals surface area contributed by atoms with Crippen LogP contribution in [-0.4, -0.2) is 38.8 Å². The van der Waals surface area contributed by atoms with Crippen molar-refractivity contribution in [2.24, 2.45) is 11.8 Å². The van der Waals surface area contributed by atoms with E-state index in [2.05, 4.69) is 24.5 Å². The van der Waals surface area contributed by atoms with Gasteiger partial charge in [0.25, 0.3) is 0 Å². The van der Waals surface area contributed by atoms with Gasteiger partial charge in [0.1, 0.15) is 0 Å². The molecule has 1 saturated heterocycles. The quantitative estimate of drug-likeness (QED) is 0.633. The Labute approximate surface area is 98.1 Å². The van der Waals surface area contributed by atoms with Crippen LogP contribution in [0.5, 0.6) is 0 Å². The maximum Gasteiger partial charge on any atom is 0.224 e. The molecule has 0 aromatic heterocycles. The molecule has 2 atom stereocenters. The van der Waals surface area contributed by atoms with E-state index in [0.29, 0.717) is 5.92 Å². The van der Waals surface area contributed by atoms with Gasteiger partial charge in [0.2, 0.25) is 5.91 Å². The molecule has 1 aliphatic heterocycles. The van der Waals surface area contributed by atoms with Crippen LogP contribution < -0.4 is 10.6 Å². The van der Waals surface area contributed by atoms with E-state index in [1.54, 1.807) is 0 Å². The van der Waals surface area contributed by atoms with Gasteiger partial charge >= 0.3 is 0 Å². The summed E-state index contributed by atoms with van der Waals surface area (Å²) in [6.45, 7) is 8.28. The van der Waals surface area contributed by atoms with Crippen molar-refractivity contribution in [3.8, 4) is 0 Å². The van der Waals surface area contributed by atoms with Crippen LogP contribution >= 0.6 is 0 Å². The standard InChI is InChI=1S/C12H24N2O2/c1-3-6-16-7-4-5-14-12(15)11-9-13-8-10(11)2/h10-11,13H,3-9H2,1-2H3,(H,14,15). The largest absolute Gasteiger partial charge is 0.381 e. The lowest BCUT2D eigenvalue weighted by Gasteiger charge is -2.14. The van der Waals surface area contributed by atoms with E-state index in [0.717, 1.165) is 45.7 Å². The average Bonchev–Trinajstić information content (AvgIpc) is 2.69. The molecule has 2 unspecified atom stereocenters. The highest BCUT2D eigenvalue weighted by Gasteiger charge is 2.28. The number of carbonyl (C=O) groups is 1. The minimum absolute atomic E-state index is 0.150. The first-order valence-electron chi connectivity index (χ1n) is 6.32. The molecule has 0 aliphatic carbocycles. The molecule has 4 nitrogen and oxygen atoms in total. The Kier molecular flexibility index (Phi) is 6.42. The highest BCUT2D eigenvalue weighted by atomic mass is 16.5. The predicted octanol–water partition coefficient (Wildman–Crippen LogP) is 0.775. The molecule has 0 aromatic carbocycles. The van der Waals surface area contributed by atoms with E-state index < -0.39 is 0 Å². The molecule has 0 bridgehead atoms. The molecule has 2 N–H and O–H groups in total. The first-order chi connectivity index (χ1) is 7.75. The lowest BCUT2D eigenvalue weighted by molar-refractivity contribution is -0.125. The van der Waals surface area contributed by atoms with E-state index in [4.69, 9.17) is 4.74 Å². The number of amides is 1. The van der Waals surface area contributed by atoms with Gasteiger partial charge in [-0.25, -0.2) is 0 Å². The highest BCUT2D eigenvalue weighted by Crippen LogP contribution is 2.15. The van der Waals surface area contributed by atoms with Crippen molar-refractivity contribution >= 4 is 5.91 Å². The lowest BCUT2D eigenvalue weighted by atomic mass is 9.97. The summed E-state index contributed by atoms with van der Waals surface area (Å²) >= 11 is 0. The first kappa shape index (κ1) is 13.5. The Hall–Kier alpha value is -0.610. The van der Waals surface area contributed by atoms with Gasteiger partial charge in [-0.05, 0) is 25.3 Å². The van der Waals surface area contributed by atoms with Gasteiger partial charge in [0.05, 0.1) is 5.92 Å². The van der Waals surface area contributed by atoms with Crippen LogP contribution in [0.1, 0.15) is 26.7 Å². The highest BCUT2D eigenvalue weighted by molar-refractivity contribution is 5.79. The third kappa shape index (κ3) is 4.49. The van der Waals surface area contributed by atoms with E-state index in [-0.39, 0.29) is 11.8 Å². The first-order valence-corrected chi connectivity index (χ1v) is 6.32. The van der Waals surface area contributed by atoms with Gasteiger partial charge in [0, 0.05) is 26.3 Å². The fourth-order valence-electron chi connectivity index (χ4n) is 1.92. The van der Waals surface area contributed by atoms with Crippen LogP contribution in [0.15, 0.2) is 0 Å². The van der Waals surface area contributed by atoms with Crippen LogP contribution in [-0.2, 0) is 9.53 Å². The summed E-state index contributed by atoms with van der Waals surface area (Å²) in [5.74, 6) is 0.792. The molecule has 1 amide bonds. The van der Waals surface area contributed by atoms with Gasteiger partial charge in [-0.1, -0.05) is 13.8 Å². The smallest absolute Gasteiger partial charge is 0.224 e. The van der Waals surface area contributed by atoms with E-state index in [1.165, 1.54) is 0 Å². The van der Waals surface area contributed by atoms with Crippen LogP contribution in [0.25, 0.3) is 0 Å². The van der Waals surface area contributed by atoms with Gasteiger partial charge in [-0.3, -0.25) is 4.79 Å². The zero-order chi connectivity index (χ0) is 11.8. The Bertz CT molecular complexity index is 209. The SMILES string of the molecule is CCCOCCCNC(=O)C1CNCC1C. The summed E-state index contributed by atoms with van der Waals surface area (Å²) in [5, 5.41) is 6.21. The van der Waals surface area contributed by atoms with Gasteiger partial charge in [-0.15, -0.1) is 0 Å². The van der Waals surface area contributed by atoms with E-state index >= 15 is 0 Å². The number of hydrogen-bond donors (Lipinski definition) is 2. The summed E-state index contributed by atoms with van der Waals surface area (Å²) in [4.78, 5) is 11.8. The Morgan fingerprint density at radius 3 is 2.88 bits per heavy atom. The fraction of sp³-hybridized carbons (Fsp3) is 0.917. The molecule has 1 heterocycles. The molecule has 0 spiro atoms. The maximum absolute atomic E-state index is 11.8. The normalized spacial score (nSPS) is 24.6. The second-order valence-corrected chi connectivity index (χ2v) is 4.50. The van der Waals surface area contributed by atoms with Gasteiger partial charge in [0.15, 0.2) is 0 Å². The van der Waals surface area contributed by atoms with Crippen molar-refractivity contribution < 1.29 is 9.53 Å². The summed E-state index contributed by atoms with van der Waals surface area (Å²) in [7, 11) is 0. The molecular weight excluding hydrogens is 204 g/mol. The van der Waals surface area contributed by atoms with Crippen molar-refractivity contribution in [1.82, 2.24) is 10.6 Å². The van der Waals surface area contributed by atoms with Crippen LogP contribution in [0, 0.1) is 11.8 Å². The third-order valence-corrected chi connectivity index (χ3v) is 2.97. The van der Waals surface area contributed by atoms with Crippen LogP contribution in [0.3, 0.4) is 0 Å². The molecule has 1 rings (SSSR count). The summed E-state index contributed by atoms with van der Waals surface area (Å²) in [6, 6.07) is 0. The molecule has 0 radical (unpaired) electrons. The predicted molar refractivity (Wildman–Crippen MR) is 64.3 cm³/mol. The Morgan fingerprint density at radius 2 is 2.25 bits per heavy atom. The van der Waals surface area contributed by atoms with Crippen LogP contribution in [0.4, 0.5) is 0 Å². The molecule has 1 fully saturated rings. The minimum atomic E-state index is 0.150. The molecule has 1 aliphatic rings. The number of nitrogens with one attached hydrogen (secondary N) is 2. The molecule has 0 aromatic rings. The average molecular weight is 228 g/mol. The number of carbonyl (C=O) groups excluding carboxylic acids is 1. The van der Waals surface area contributed by atoms with Crippen molar-refractivity contribution in [3.63, 3.8) is 0 Å². The number of rotatable bonds is 7. The summed E-state index contributed by atoms with van der Waals surface area (Å²) < 4.78 is 5.35. The van der Waals surface area contributed by atoms with Gasteiger partial charge in [-0.2, -0.15) is 0 Å². The van der Waals surface area contributed by atoms with Gasteiger partial charge < -0.3 is 15.4 Å². The molecule has 94 valence electrons. The van der Waals surface area contributed by atoms with E-state index in [9.17, 15) is 4.79 Å².